The van der Waals surface area contributed by atoms with Gasteiger partial charge in [0.1, 0.15) is 0 Å². The molecule has 2 unspecified atom stereocenters. The van der Waals surface area contributed by atoms with Crippen LogP contribution in [0.4, 0.5) is 0 Å². The molecule has 114 valence electrons. The van der Waals surface area contributed by atoms with E-state index in [0.717, 1.165) is 5.56 Å². The molecular weight excluding hydrogens is 268 g/mol. The van der Waals surface area contributed by atoms with Crippen LogP contribution in [0.25, 0.3) is 0 Å². The molecule has 1 heterocycles. The monoisotopic (exact) mass is 290 g/mol. The highest BCUT2D eigenvalue weighted by Crippen LogP contribution is 2.25. The van der Waals surface area contributed by atoms with Crippen LogP contribution in [0.2, 0.25) is 0 Å². The zero-order valence-corrected chi connectivity index (χ0v) is 12.3. The van der Waals surface area contributed by atoms with Crippen molar-refractivity contribution in [3.63, 3.8) is 0 Å². The summed E-state index contributed by atoms with van der Waals surface area (Å²) >= 11 is 0. The van der Waals surface area contributed by atoms with Crippen LogP contribution in [0.1, 0.15) is 35.7 Å². The smallest absolute Gasteiger partial charge is 0.306 e. The molecule has 1 amide bonds. The van der Waals surface area contributed by atoms with Crippen LogP contribution in [-0.2, 0) is 11.2 Å². The summed E-state index contributed by atoms with van der Waals surface area (Å²) in [6, 6.07) is 7.44. The van der Waals surface area contributed by atoms with Gasteiger partial charge in [-0.05, 0) is 44.4 Å². The molecule has 0 radical (unpaired) electrons. The molecule has 21 heavy (non-hydrogen) atoms. The van der Waals surface area contributed by atoms with Gasteiger partial charge in [0.25, 0.3) is 5.91 Å². The summed E-state index contributed by atoms with van der Waals surface area (Å²) in [5.41, 5.74) is 7.24. The van der Waals surface area contributed by atoms with Crippen LogP contribution in [0.15, 0.2) is 24.3 Å². The summed E-state index contributed by atoms with van der Waals surface area (Å²) in [6.07, 6.45) is 1.70. The molecule has 1 saturated heterocycles. The number of amides is 1. The Bertz CT molecular complexity index is 530. The summed E-state index contributed by atoms with van der Waals surface area (Å²) in [6.45, 7) is 2.91. The quantitative estimate of drug-likeness (QED) is 0.880. The number of aliphatic carboxylic acids is 1. The van der Waals surface area contributed by atoms with Crippen LogP contribution >= 0.6 is 0 Å². The number of benzene rings is 1. The lowest BCUT2D eigenvalue weighted by Gasteiger charge is -2.36. The zero-order chi connectivity index (χ0) is 15.4. The van der Waals surface area contributed by atoms with E-state index in [2.05, 4.69) is 0 Å². The van der Waals surface area contributed by atoms with Crippen molar-refractivity contribution in [3.05, 3.63) is 35.4 Å². The van der Waals surface area contributed by atoms with Crippen molar-refractivity contribution in [1.82, 2.24) is 4.90 Å². The van der Waals surface area contributed by atoms with Crippen molar-refractivity contribution < 1.29 is 14.7 Å². The first-order valence-corrected chi connectivity index (χ1v) is 7.36. The van der Waals surface area contributed by atoms with Crippen molar-refractivity contribution in [2.24, 2.45) is 11.7 Å². The maximum absolute atomic E-state index is 12.7. The number of carboxylic acid groups (broad SMARTS) is 1. The zero-order valence-electron chi connectivity index (χ0n) is 12.3. The molecule has 1 aromatic carbocycles. The SMILES string of the molecule is CC1CC(C(=O)O)CCN1C(=O)c1ccccc1CCN. The molecule has 5 heteroatoms. The number of piperidine rings is 1. The average molecular weight is 290 g/mol. The highest BCUT2D eigenvalue weighted by molar-refractivity contribution is 5.96. The summed E-state index contributed by atoms with van der Waals surface area (Å²) in [4.78, 5) is 25.6. The van der Waals surface area contributed by atoms with Crippen molar-refractivity contribution in [2.75, 3.05) is 13.1 Å². The lowest BCUT2D eigenvalue weighted by molar-refractivity contribution is -0.143. The number of rotatable bonds is 4. The summed E-state index contributed by atoms with van der Waals surface area (Å²) < 4.78 is 0. The summed E-state index contributed by atoms with van der Waals surface area (Å²) in [7, 11) is 0. The van der Waals surface area contributed by atoms with Gasteiger partial charge < -0.3 is 15.7 Å². The Labute approximate surface area is 124 Å². The molecule has 5 nitrogen and oxygen atoms in total. The second-order valence-electron chi connectivity index (χ2n) is 5.60. The van der Waals surface area contributed by atoms with Gasteiger partial charge in [-0.3, -0.25) is 9.59 Å². The fraction of sp³-hybridized carbons (Fsp3) is 0.500. The van der Waals surface area contributed by atoms with Gasteiger partial charge in [0.2, 0.25) is 0 Å². The van der Waals surface area contributed by atoms with Gasteiger partial charge >= 0.3 is 5.97 Å². The third-order valence-corrected chi connectivity index (χ3v) is 4.15. The van der Waals surface area contributed by atoms with Gasteiger partial charge in [-0.2, -0.15) is 0 Å². The minimum Gasteiger partial charge on any atom is -0.481 e. The van der Waals surface area contributed by atoms with Crippen molar-refractivity contribution in [2.45, 2.75) is 32.2 Å². The Morgan fingerprint density at radius 1 is 1.38 bits per heavy atom. The first kappa shape index (κ1) is 15.5. The van der Waals surface area contributed by atoms with Crippen LogP contribution in [0.3, 0.4) is 0 Å². The number of nitrogens with zero attached hydrogens (tertiary/aromatic N) is 1. The fourth-order valence-electron chi connectivity index (χ4n) is 2.96. The number of carbonyl (C=O) groups excluding carboxylic acids is 1. The lowest BCUT2D eigenvalue weighted by atomic mass is 9.90. The van der Waals surface area contributed by atoms with E-state index in [1.54, 1.807) is 4.90 Å². The summed E-state index contributed by atoms with van der Waals surface area (Å²) in [5.74, 6) is -1.13. The van der Waals surface area contributed by atoms with Crippen molar-refractivity contribution >= 4 is 11.9 Å². The highest BCUT2D eigenvalue weighted by atomic mass is 16.4. The third-order valence-electron chi connectivity index (χ3n) is 4.15. The molecule has 0 bridgehead atoms. The Kier molecular flexibility index (Phi) is 4.96. The second kappa shape index (κ2) is 6.72. The van der Waals surface area contributed by atoms with E-state index < -0.39 is 5.97 Å². The highest BCUT2D eigenvalue weighted by Gasteiger charge is 2.33. The molecule has 2 rings (SSSR count). The molecule has 1 aliphatic rings. The Morgan fingerprint density at radius 3 is 2.71 bits per heavy atom. The Balaban J connectivity index is 2.16. The number of carboxylic acids is 1. The predicted molar refractivity (Wildman–Crippen MR) is 80.1 cm³/mol. The van der Waals surface area contributed by atoms with Crippen LogP contribution in [-0.4, -0.2) is 41.0 Å². The van der Waals surface area contributed by atoms with E-state index >= 15 is 0 Å². The second-order valence-corrected chi connectivity index (χ2v) is 5.60. The summed E-state index contributed by atoms with van der Waals surface area (Å²) in [5, 5.41) is 9.09. The molecule has 1 fully saturated rings. The van der Waals surface area contributed by atoms with E-state index in [9.17, 15) is 9.59 Å². The molecule has 1 aliphatic heterocycles. The number of hydrogen-bond donors (Lipinski definition) is 2. The Morgan fingerprint density at radius 2 is 2.10 bits per heavy atom. The number of carbonyl (C=O) groups is 2. The maximum Gasteiger partial charge on any atom is 0.306 e. The van der Waals surface area contributed by atoms with Crippen molar-refractivity contribution in [1.29, 1.82) is 0 Å². The fourth-order valence-corrected chi connectivity index (χ4v) is 2.96. The van der Waals surface area contributed by atoms with E-state index in [-0.39, 0.29) is 17.9 Å². The first-order valence-electron chi connectivity index (χ1n) is 7.36. The van der Waals surface area contributed by atoms with Gasteiger partial charge in [0.15, 0.2) is 0 Å². The standard InChI is InChI=1S/C16H22N2O3/c1-11-10-13(16(20)21)7-9-18(11)15(19)14-5-3-2-4-12(14)6-8-17/h2-5,11,13H,6-10,17H2,1H3,(H,20,21). The normalized spacial score (nSPS) is 22.1. The molecule has 0 aromatic heterocycles. The van der Waals surface area contributed by atoms with E-state index in [0.29, 0.717) is 37.9 Å². The first-order chi connectivity index (χ1) is 10.0. The minimum atomic E-state index is -0.766. The van der Waals surface area contributed by atoms with Crippen LogP contribution in [0.5, 0.6) is 0 Å². The van der Waals surface area contributed by atoms with Gasteiger partial charge in [-0.25, -0.2) is 0 Å². The van der Waals surface area contributed by atoms with Gasteiger partial charge in [-0.15, -0.1) is 0 Å². The van der Waals surface area contributed by atoms with Crippen LogP contribution < -0.4 is 5.73 Å². The molecule has 1 aromatic rings. The number of hydrogen-bond acceptors (Lipinski definition) is 3. The van der Waals surface area contributed by atoms with Crippen molar-refractivity contribution in [3.8, 4) is 0 Å². The maximum atomic E-state index is 12.7. The average Bonchev–Trinajstić information content (AvgIpc) is 2.47. The Hall–Kier alpha value is -1.88. The molecule has 3 N–H and O–H groups in total. The third kappa shape index (κ3) is 3.42. The predicted octanol–water partition coefficient (Wildman–Crippen LogP) is 1.51. The van der Waals surface area contributed by atoms with Gasteiger partial charge in [-0.1, -0.05) is 18.2 Å². The van der Waals surface area contributed by atoms with Gasteiger partial charge in [0, 0.05) is 18.2 Å². The topological polar surface area (TPSA) is 83.6 Å². The largest absolute Gasteiger partial charge is 0.481 e. The molecule has 0 spiro atoms. The number of nitrogens with two attached hydrogens (primary N) is 1. The van der Waals surface area contributed by atoms with E-state index in [1.165, 1.54) is 0 Å². The molecule has 0 aliphatic carbocycles. The molecular formula is C16H22N2O3. The molecule has 0 saturated carbocycles. The van der Waals surface area contributed by atoms with Gasteiger partial charge in [0.05, 0.1) is 5.92 Å². The lowest BCUT2D eigenvalue weighted by Crippen LogP contribution is -2.46. The van der Waals surface area contributed by atoms with E-state index in [4.69, 9.17) is 10.8 Å². The van der Waals surface area contributed by atoms with Crippen LogP contribution in [0, 0.1) is 5.92 Å². The minimum absolute atomic E-state index is 0.0182. The number of likely N-dealkylation sites (tertiary alicyclic amines) is 1. The molecule has 2 atom stereocenters. The van der Waals surface area contributed by atoms with E-state index in [1.807, 2.05) is 31.2 Å².